The minimum atomic E-state index is -0.544. The minimum Gasteiger partial charge on any atom is -0.312 e. The molecule has 1 amide bonds. The van der Waals surface area contributed by atoms with Crippen molar-refractivity contribution in [2.75, 3.05) is 21.1 Å². The zero-order valence-electron chi connectivity index (χ0n) is 10.0. The van der Waals surface area contributed by atoms with Crippen LogP contribution in [0.15, 0.2) is 29.4 Å². The lowest BCUT2D eigenvalue weighted by Crippen LogP contribution is -1.99. The van der Waals surface area contributed by atoms with Gasteiger partial charge in [0.25, 0.3) is 0 Å². The molecule has 1 rings (SSSR count). The summed E-state index contributed by atoms with van der Waals surface area (Å²) in [6.07, 6.45) is 0. The van der Waals surface area contributed by atoms with Crippen LogP contribution in [0.2, 0.25) is 0 Å². The van der Waals surface area contributed by atoms with Crippen molar-refractivity contribution >= 4 is 5.91 Å². The molecule has 86 valence electrons. The van der Waals surface area contributed by atoms with E-state index in [9.17, 15) is 4.79 Å². The lowest BCUT2D eigenvalue weighted by molar-refractivity contribution is 0.100. The van der Waals surface area contributed by atoms with E-state index in [0.717, 1.165) is 5.56 Å². The molecular weight excluding hydrogens is 204 g/mol. The van der Waals surface area contributed by atoms with Gasteiger partial charge in [0.05, 0.1) is 0 Å². The van der Waals surface area contributed by atoms with Crippen LogP contribution in [0.4, 0.5) is 0 Å². The first kappa shape index (κ1) is 14.2. The van der Waals surface area contributed by atoms with Crippen LogP contribution in [0, 0.1) is 6.92 Å². The van der Waals surface area contributed by atoms with Gasteiger partial charge in [0, 0.05) is 10.5 Å². The van der Waals surface area contributed by atoms with Crippen LogP contribution in [0.3, 0.4) is 0 Å². The maximum Gasteiger partial charge on any atom is 0.249 e. The predicted octanol–water partition coefficient (Wildman–Crippen LogP) is 2.62. The molecule has 0 aliphatic heterocycles. The van der Waals surface area contributed by atoms with Gasteiger partial charge in [-0.15, -0.1) is 0 Å². The Labute approximate surface area is 95.3 Å². The maximum atomic E-state index is 10.9. The van der Waals surface area contributed by atoms with Crippen LogP contribution in [-0.4, -0.2) is 32.0 Å². The molecule has 5 heteroatoms. The first-order valence-corrected chi connectivity index (χ1v) is 4.74. The quantitative estimate of drug-likeness (QED) is 0.414. The van der Waals surface area contributed by atoms with E-state index in [0.29, 0.717) is 5.56 Å². The summed E-state index contributed by atoms with van der Waals surface area (Å²) in [5.41, 5.74) is 9.47. The minimum absolute atomic E-state index is 0.415. The Bertz CT molecular complexity index is 375. The van der Waals surface area contributed by atoms with Crippen molar-refractivity contribution in [2.45, 2.75) is 6.92 Å². The highest BCUT2D eigenvalue weighted by atomic mass is 16.1. The van der Waals surface area contributed by atoms with Gasteiger partial charge in [-0.1, -0.05) is 29.8 Å². The molecule has 0 fully saturated rings. The van der Waals surface area contributed by atoms with Gasteiger partial charge in [-0.05, 0) is 38.7 Å². The van der Waals surface area contributed by atoms with Gasteiger partial charge in [0.2, 0.25) is 5.91 Å². The molecule has 0 aromatic heterocycles. The molecule has 0 unspecified atom stereocenters. The molecule has 0 N–H and O–H groups in total. The molecule has 0 atom stereocenters. The number of carbonyl (C=O) groups excluding carboxylic acids is 1. The highest BCUT2D eigenvalue weighted by molar-refractivity contribution is 5.94. The van der Waals surface area contributed by atoms with E-state index in [4.69, 9.17) is 5.53 Å². The van der Waals surface area contributed by atoms with Gasteiger partial charge in [0.15, 0.2) is 0 Å². The smallest absolute Gasteiger partial charge is 0.249 e. The Morgan fingerprint density at radius 2 is 1.69 bits per heavy atom. The number of aryl methyl sites for hydroxylation is 1. The highest BCUT2D eigenvalue weighted by Gasteiger charge is 2.00. The summed E-state index contributed by atoms with van der Waals surface area (Å²) in [6.45, 7) is 1.92. The van der Waals surface area contributed by atoms with Crippen molar-refractivity contribution in [1.82, 2.24) is 4.90 Å². The molecule has 0 saturated heterocycles. The third-order valence-electron chi connectivity index (χ3n) is 1.43. The summed E-state index contributed by atoms with van der Waals surface area (Å²) in [5, 5.41) is 2.97. The Morgan fingerprint density at radius 1 is 1.25 bits per heavy atom. The molecule has 0 spiro atoms. The summed E-state index contributed by atoms with van der Waals surface area (Å²) in [7, 11) is 6.00. The number of carbonyl (C=O) groups is 1. The number of hydrogen-bond donors (Lipinski definition) is 0. The van der Waals surface area contributed by atoms with Crippen molar-refractivity contribution < 1.29 is 4.79 Å². The number of nitrogens with zero attached hydrogens (tertiary/aromatic N) is 4. The molecule has 0 heterocycles. The standard InChI is InChI=1S/C8H7N3O.C3H9N/c1-6-2-4-7(5-3-6)8(12)10-11-9;1-4(2)3/h2-5H,1H3;1-3H3. The molecule has 0 bridgehead atoms. The van der Waals surface area contributed by atoms with Crippen LogP contribution in [0.25, 0.3) is 10.4 Å². The third kappa shape index (κ3) is 6.59. The average Bonchev–Trinajstić information content (AvgIpc) is 2.18. The van der Waals surface area contributed by atoms with E-state index in [1.165, 1.54) is 0 Å². The summed E-state index contributed by atoms with van der Waals surface area (Å²) in [4.78, 5) is 15.3. The first-order chi connectivity index (χ1) is 7.47. The van der Waals surface area contributed by atoms with E-state index >= 15 is 0 Å². The Hall–Kier alpha value is -1.84. The largest absolute Gasteiger partial charge is 0.312 e. The van der Waals surface area contributed by atoms with E-state index < -0.39 is 5.91 Å². The van der Waals surface area contributed by atoms with Crippen molar-refractivity contribution in [2.24, 2.45) is 5.11 Å². The van der Waals surface area contributed by atoms with E-state index in [-0.39, 0.29) is 0 Å². The van der Waals surface area contributed by atoms with Crippen molar-refractivity contribution in [1.29, 1.82) is 0 Å². The average molecular weight is 220 g/mol. The van der Waals surface area contributed by atoms with Gasteiger partial charge < -0.3 is 4.90 Å². The van der Waals surface area contributed by atoms with Gasteiger partial charge in [-0.3, -0.25) is 4.79 Å². The van der Waals surface area contributed by atoms with Crippen LogP contribution in [-0.2, 0) is 0 Å². The van der Waals surface area contributed by atoms with Gasteiger partial charge in [-0.2, -0.15) is 0 Å². The molecule has 16 heavy (non-hydrogen) atoms. The molecule has 0 radical (unpaired) electrons. The highest BCUT2D eigenvalue weighted by Crippen LogP contribution is 2.04. The predicted molar refractivity (Wildman–Crippen MR) is 64.3 cm³/mol. The fraction of sp³-hybridized carbons (Fsp3) is 0.364. The van der Waals surface area contributed by atoms with Crippen molar-refractivity contribution in [3.05, 3.63) is 45.8 Å². The number of amides is 1. The second kappa shape index (κ2) is 7.45. The van der Waals surface area contributed by atoms with Crippen LogP contribution in [0.5, 0.6) is 0 Å². The summed E-state index contributed by atoms with van der Waals surface area (Å²) in [5.74, 6) is -0.544. The molecule has 1 aromatic carbocycles. The molecule has 5 nitrogen and oxygen atoms in total. The topological polar surface area (TPSA) is 69.1 Å². The van der Waals surface area contributed by atoms with Gasteiger partial charge in [0.1, 0.15) is 0 Å². The fourth-order valence-corrected chi connectivity index (χ4v) is 0.794. The van der Waals surface area contributed by atoms with Crippen LogP contribution < -0.4 is 0 Å². The second-order valence-corrected chi connectivity index (χ2v) is 3.70. The van der Waals surface area contributed by atoms with Gasteiger partial charge >= 0.3 is 0 Å². The Kier molecular flexibility index (Phi) is 6.59. The molecule has 0 aliphatic carbocycles. The summed E-state index contributed by atoms with van der Waals surface area (Å²) in [6, 6.07) is 6.85. The zero-order chi connectivity index (χ0) is 12.6. The molecular formula is C11H16N4O. The van der Waals surface area contributed by atoms with E-state index in [2.05, 4.69) is 10.0 Å². The SMILES string of the molecule is CN(C)C.Cc1ccc(C(=O)N=[N+]=[N-])cc1. The fourth-order valence-electron chi connectivity index (χ4n) is 0.794. The van der Waals surface area contributed by atoms with Crippen LogP contribution in [0.1, 0.15) is 15.9 Å². The number of azide groups is 1. The lowest BCUT2D eigenvalue weighted by Gasteiger charge is -1.93. The normalized spacial score (nSPS) is 8.81. The summed E-state index contributed by atoms with van der Waals surface area (Å²) >= 11 is 0. The maximum absolute atomic E-state index is 10.9. The molecule has 0 saturated carbocycles. The third-order valence-corrected chi connectivity index (χ3v) is 1.43. The number of hydrogen-bond acceptors (Lipinski definition) is 2. The monoisotopic (exact) mass is 220 g/mol. The molecule has 1 aromatic rings. The lowest BCUT2D eigenvalue weighted by atomic mass is 10.1. The molecule has 0 aliphatic rings. The van der Waals surface area contributed by atoms with Gasteiger partial charge in [-0.25, -0.2) is 0 Å². The van der Waals surface area contributed by atoms with Crippen LogP contribution >= 0.6 is 0 Å². The van der Waals surface area contributed by atoms with Crippen molar-refractivity contribution in [3.63, 3.8) is 0 Å². The number of rotatable bonds is 1. The van der Waals surface area contributed by atoms with Crippen molar-refractivity contribution in [3.8, 4) is 0 Å². The summed E-state index contributed by atoms with van der Waals surface area (Å²) < 4.78 is 0. The zero-order valence-corrected chi connectivity index (χ0v) is 10.0. The first-order valence-electron chi connectivity index (χ1n) is 4.74. The van der Waals surface area contributed by atoms with E-state index in [1.54, 1.807) is 24.3 Å². The number of benzene rings is 1. The Morgan fingerprint density at radius 3 is 2.06 bits per heavy atom. The Balaban J connectivity index is 0.000000487. The second-order valence-electron chi connectivity index (χ2n) is 3.70. The van der Waals surface area contributed by atoms with E-state index in [1.807, 2.05) is 33.0 Å².